The molecule has 0 heterocycles. The Bertz CT molecular complexity index is 387. The van der Waals surface area contributed by atoms with Crippen LogP contribution >= 0.6 is 0 Å². The highest BCUT2D eigenvalue weighted by Gasteiger charge is 2.15. The number of carboxylic acid groups (broad SMARTS) is 2. The van der Waals surface area contributed by atoms with Crippen molar-refractivity contribution in [3.63, 3.8) is 0 Å². The molecule has 0 fully saturated rings. The lowest BCUT2D eigenvalue weighted by Gasteiger charge is -2.16. The fraction of sp³-hybridized carbons (Fsp3) is 0.810. The molecule has 0 aliphatic carbocycles. The maximum absolute atomic E-state index is 11.5. The third kappa shape index (κ3) is 14.7. The number of aliphatic carboxylic acids is 2. The number of unbranched alkanes of at least 4 members (excludes halogenated alkanes) is 7. The number of hydrogen-bond acceptors (Lipinski definition) is 2. The molecule has 0 aliphatic rings. The first-order valence-corrected chi connectivity index (χ1v) is 10.1. The summed E-state index contributed by atoms with van der Waals surface area (Å²) in [6.07, 6.45) is 15.4. The number of rotatable bonds is 17. The zero-order valence-corrected chi connectivity index (χ0v) is 16.3. The molecule has 146 valence electrons. The van der Waals surface area contributed by atoms with Crippen molar-refractivity contribution in [1.82, 2.24) is 0 Å². The molecule has 0 aliphatic heterocycles. The summed E-state index contributed by atoms with van der Waals surface area (Å²) in [4.78, 5) is 21.9. The highest BCUT2D eigenvalue weighted by atomic mass is 16.4. The lowest BCUT2D eigenvalue weighted by atomic mass is 9.89. The Labute approximate surface area is 153 Å². The van der Waals surface area contributed by atoms with Gasteiger partial charge in [0.2, 0.25) is 0 Å². The van der Waals surface area contributed by atoms with E-state index in [-0.39, 0.29) is 6.42 Å². The van der Waals surface area contributed by atoms with Crippen molar-refractivity contribution >= 4 is 11.9 Å². The van der Waals surface area contributed by atoms with Crippen LogP contribution < -0.4 is 0 Å². The monoisotopic (exact) mass is 354 g/mol. The van der Waals surface area contributed by atoms with Gasteiger partial charge >= 0.3 is 11.9 Å². The van der Waals surface area contributed by atoms with Crippen LogP contribution in [0.2, 0.25) is 0 Å². The second kappa shape index (κ2) is 16.2. The van der Waals surface area contributed by atoms with Crippen LogP contribution in [0, 0.1) is 5.92 Å². The Morgan fingerprint density at radius 3 is 2.12 bits per heavy atom. The largest absolute Gasteiger partial charge is 0.481 e. The second-order valence-electron chi connectivity index (χ2n) is 7.09. The predicted molar refractivity (Wildman–Crippen MR) is 103 cm³/mol. The van der Waals surface area contributed by atoms with E-state index in [1.54, 1.807) is 0 Å². The summed E-state index contributed by atoms with van der Waals surface area (Å²) < 4.78 is 0. The highest BCUT2D eigenvalue weighted by Crippen LogP contribution is 2.24. The van der Waals surface area contributed by atoms with Crippen molar-refractivity contribution < 1.29 is 19.8 Å². The van der Waals surface area contributed by atoms with Gasteiger partial charge in [-0.1, -0.05) is 77.7 Å². The normalized spacial score (nSPS) is 13.0. The van der Waals surface area contributed by atoms with Crippen LogP contribution in [0.5, 0.6) is 0 Å². The topological polar surface area (TPSA) is 74.6 Å². The minimum Gasteiger partial charge on any atom is -0.481 e. The van der Waals surface area contributed by atoms with Gasteiger partial charge in [-0.05, 0) is 31.6 Å². The van der Waals surface area contributed by atoms with Crippen LogP contribution in [0.1, 0.15) is 104 Å². The number of hydrogen-bond donors (Lipinski definition) is 2. The minimum atomic E-state index is -0.766. The van der Waals surface area contributed by atoms with Crippen molar-refractivity contribution in [3.8, 4) is 0 Å². The molecule has 0 aromatic rings. The Hall–Kier alpha value is -1.32. The molecule has 1 unspecified atom stereocenters. The first kappa shape index (κ1) is 23.7. The first-order valence-electron chi connectivity index (χ1n) is 10.1. The van der Waals surface area contributed by atoms with E-state index in [1.807, 2.05) is 6.08 Å². The third-order valence-electron chi connectivity index (χ3n) is 4.68. The SMILES string of the molecule is CCCCCC(CCC)CC(=CCCCCCCCC(=O)O)C(=O)O. The zero-order chi connectivity index (χ0) is 18.9. The minimum absolute atomic E-state index is 0.250. The van der Waals surface area contributed by atoms with E-state index in [1.165, 1.54) is 19.3 Å². The average molecular weight is 355 g/mol. The van der Waals surface area contributed by atoms with Gasteiger partial charge in [-0.25, -0.2) is 4.79 Å². The summed E-state index contributed by atoms with van der Waals surface area (Å²) in [5.41, 5.74) is 0.584. The van der Waals surface area contributed by atoms with E-state index in [4.69, 9.17) is 5.11 Å². The third-order valence-corrected chi connectivity index (χ3v) is 4.68. The van der Waals surface area contributed by atoms with Gasteiger partial charge in [0.05, 0.1) is 0 Å². The molecule has 4 heteroatoms. The molecule has 0 saturated carbocycles. The van der Waals surface area contributed by atoms with Crippen molar-refractivity contribution in [1.29, 1.82) is 0 Å². The number of allylic oxidation sites excluding steroid dienone is 1. The number of carboxylic acids is 2. The molecule has 0 rings (SSSR count). The van der Waals surface area contributed by atoms with Gasteiger partial charge in [0, 0.05) is 12.0 Å². The van der Waals surface area contributed by atoms with Crippen LogP contribution in [-0.2, 0) is 9.59 Å². The molecule has 0 aromatic heterocycles. The van der Waals surface area contributed by atoms with Crippen LogP contribution in [-0.4, -0.2) is 22.2 Å². The lowest BCUT2D eigenvalue weighted by molar-refractivity contribution is -0.137. The first-order chi connectivity index (χ1) is 12.0. The number of carbonyl (C=O) groups is 2. The fourth-order valence-electron chi connectivity index (χ4n) is 3.24. The summed E-state index contributed by atoms with van der Waals surface area (Å²) in [5.74, 6) is -0.998. The Morgan fingerprint density at radius 1 is 0.840 bits per heavy atom. The molecule has 25 heavy (non-hydrogen) atoms. The summed E-state index contributed by atoms with van der Waals surface area (Å²) >= 11 is 0. The van der Waals surface area contributed by atoms with Crippen molar-refractivity contribution in [3.05, 3.63) is 11.6 Å². The maximum atomic E-state index is 11.5. The summed E-state index contributed by atoms with van der Waals surface area (Å²) in [5, 5.41) is 18.0. The van der Waals surface area contributed by atoms with E-state index in [2.05, 4.69) is 13.8 Å². The van der Waals surface area contributed by atoms with E-state index >= 15 is 0 Å². The van der Waals surface area contributed by atoms with Crippen LogP contribution in [0.3, 0.4) is 0 Å². The second-order valence-corrected chi connectivity index (χ2v) is 7.09. The van der Waals surface area contributed by atoms with Crippen LogP contribution in [0.15, 0.2) is 11.6 Å². The Kier molecular flexibility index (Phi) is 15.3. The fourth-order valence-corrected chi connectivity index (χ4v) is 3.24. The summed E-state index contributed by atoms with van der Waals surface area (Å²) in [6, 6.07) is 0. The molecule has 0 saturated heterocycles. The lowest BCUT2D eigenvalue weighted by Crippen LogP contribution is -2.09. The van der Waals surface area contributed by atoms with E-state index in [0.717, 1.165) is 57.8 Å². The molecule has 4 nitrogen and oxygen atoms in total. The van der Waals surface area contributed by atoms with Gasteiger partial charge in [-0.3, -0.25) is 4.79 Å². The Balaban J connectivity index is 4.16. The van der Waals surface area contributed by atoms with Crippen molar-refractivity contribution in [2.24, 2.45) is 5.92 Å². The molecule has 0 amide bonds. The van der Waals surface area contributed by atoms with E-state index < -0.39 is 11.9 Å². The molecular weight excluding hydrogens is 316 g/mol. The zero-order valence-electron chi connectivity index (χ0n) is 16.3. The van der Waals surface area contributed by atoms with Gasteiger partial charge in [0.25, 0.3) is 0 Å². The molecule has 1 atom stereocenters. The summed E-state index contributed by atoms with van der Waals surface area (Å²) in [7, 11) is 0. The van der Waals surface area contributed by atoms with Crippen LogP contribution in [0.4, 0.5) is 0 Å². The quantitative estimate of drug-likeness (QED) is 0.241. The predicted octanol–water partition coefficient (Wildman–Crippen LogP) is 6.20. The van der Waals surface area contributed by atoms with E-state index in [9.17, 15) is 14.7 Å². The molecule has 0 aromatic carbocycles. The average Bonchev–Trinajstić information content (AvgIpc) is 2.55. The van der Waals surface area contributed by atoms with Gasteiger partial charge in [0.15, 0.2) is 0 Å². The van der Waals surface area contributed by atoms with Crippen LogP contribution in [0.25, 0.3) is 0 Å². The smallest absolute Gasteiger partial charge is 0.331 e. The van der Waals surface area contributed by atoms with Gasteiger partial charge in [-0.2, -0.15) is 0 Å². The van der Waals surface area contributed by atoms with Gasteiger partial charge in [-0.15, -0.1) is 0 Å². The standard InChI is InChI=1S/C21H38O4/c1-3-5-10-14-18(13-4-2)17-19(21(24)25)15-11-8-6-7-9-12-16-20(22)23/h15,18H,3-14,16-17H2,1-2H3,(H,22,23)(H,24,25). The van der Waals surface area contributed by atoms with Gasteiger partial charge < -0.3 is 10.2 Å². The maximum Gasteiger partial charge on any atom is 0.331 e. The van der Waals surface area contributed by atoms with Crippen molar-refractivity contribution in [2.75, 3.05) is 0 Å². The molecule has 0 spiro atoms. The van der Waals surface area contributed by atoms with Crippen molar-refractivity contribution in [2.45, 2.75) is 104 Å². The molecular formula is C21H38O4. The molecule has 0 radical (unpaired) electrons. The van der Waals surface area contributed by atoms with E-state index in [0.29, 0.717) is 17.9 Å². The summed E-state index contributed by atoms with van der Waals surface area (Å²) in [6.45, 7) is 4.36. The highest BCUT2D eigenvalue weighted by molar-refractivity contribution is 5.86. The molecule has 0 bridgehead atoms. The Morgan fingerprint density at radius 2 is 1.52 bits per heavy atom. The molecule has 2 N–H and O–H groups in total. The van der Waals surface area contributed by atoms with Gasteiger partial charge in [0.1, 0.15) is 0 Å².